The van der Waals surface area contributed by atoms with Gasteiger partial charge in [-0.3, -0.25) is 10.1 Å². The normalized spacial score (nSPS) is 10.7. The zero-order chi connectivity index (χ0) is 24.8. The number of rotatable bonds is 8. The van der Waals surface area contributed by atoms with Gasteiger partial charge in [0.2, 0.25) is 0 Å². The van der Waals surface area contributed by atoms with E-state index in [1.807, 2.05) is 30.3 Å². The van der Waals surface area contributed by atoms with Crippen molar-refractivity contribution in [1.29, 1.82) is 0 Å². The van der Waals surface area contributed by atoms with Gasteiger partial charge in [-0.15, -0.1) is 10.2 Å². The molecule has 0 aliphatic heterocycles. The van der Waals surface area contributed by atoms with Crippen molar-refractivity contribution in [1.82, 2.24) is 20.3 Å². The van der Waals surface area contributed by atoms with Crippen LogP contribution in [0.15, 0.2) is 60.7 Å². The van der Waals surface area contributed by atoms with E-state index in [0.717, 1.165) is 17.6 Å². The number of nitrogens with one attached hydrogen (secondary N) is 2. The van der Waals surface area contributed by atoms with Gasteiger partial charge in [-0.2, -0.15) is 4.80 Å². The highest BCUT2D eigenvalue weighted by Crippen LogP contribution is 2.28. The highest BCUT2D eigenvalue weighted by Gasteiger charge is 2.19. The van der Waals surface area contributed by atoms with Crippen LogP contribution in [0.3, 0.4) is 0 Å². The minimum Gasteiger partial charge on any atom is -0.496 e. The van der Waals surface area contributed by atoms with Crippen LogP contribution >= 0.6 is 12.2 Å². The zero-order valence-corrected chi connectivity index (χ0v) is 20.7. The Morgan fingerprint density at radius 2 is 1.66 bits per heavy atom. The Kier molecular flexibility index (Phi) is 7.57. The first-order chi connectivity index (χ1) is 17.0. The number of anilines is 1. The number of aryl methyl sites for hydroxylation is 1. The molecule has 2 N–H and O–H groups in total. The molecule has 1 heterocycles. The van der Waals surface area contributed by atoms with Gasteiger partial charge in [-0.05, 0) is 73.1 Å². The number of nitrogens with zero attached hydrogens (tertiary/aromatic N) is 3. The van der Waals surface area contributed by atoms with E-state index in [1.165, 1.54) is 32.6 Å². The van der Waals surface area contributed by atoms with Crippen molar-refractivity contribution >= 4 is 40.0 Å². The number of unbranched alkanes of at least 4 members (excludes halogenated alkanes) is 1. The van der Waals surface area contributed by atoms with Gasteiger partial charge in [0.15, 0.2) is 5.11 Å². The lowest BCUT2D eigenvalue weighted by Gasteiger charge is -2.14. The van der Waals surface area contributed by atoms with Gasteiger partial charge in [0, 0.05) is 5.69 Å². The smallest absolute Gasteiger partial charge is 0.264 e. The lowest BCUT2D eigenvalue weighted by Crippen LogP contribution is -2.34. The maximum atomic E-state index is 12.8. The van der Waals surface area contributed by atoms with Crippen molar-refractivity contribution in [3.63, 3.8) is 0 Å². The summed E-state index contributed by atoms with van der Waals surface area (Å²) in [6, 6.07) is 18.9. The lowest BCUT2D eigenvalue weighted by molar-refractivity contribution is 0.0971. The predicted molar refractivity (Wildman–Crippen MR) is 141 cm³/mol. The van der Waals surface area contributed by atoms with Crippen LogP contribution in [-0.4, -0.2) is 40.2 Å². The van der Waals surface area contributed by atoms with E-state index in [9.17, 15) is 4.79 Å². The van der Waals surface area contributed by atoms with Gasteiger partial charge in [0.05, 0.1) is 19.9 Å². The van der Waals surface area contributed by atoms with E-state index in [1.54, 1.807) is 23.0 Å². The van der Waals surface area contributed by atoms with Gasteiger partial charge in [-0.25, -0.2) is 0 Å². The third-order valence-corrected chi connectivity index (χ3v) is 5.71. The summed E-state index contributed by atoms with van der Waals surface area (Å²) in [6.45, 7) is 2.19. The largest absolute Gasteiger partial charge is 0.496 e. The number of methoxy groups -OCH3 is 2. The van der Waals surface area contributed by atoms with Gasteiger partial charge in [-0.1, -0.05) is 31.5 Å². The first-order valence-electron chi connectivity index (χ1n) is 11.3. The standard InChI is InChI=1S/C26H27N5O3S/c1-4-5-7-17-10-13-19(14-11-17)31-29-20-15-12-18(16-21(20)30-31)27-26(35)28-25(32)24-22(33-2)8-6-9-23(24)34-3/h6,8-16H,4-5,7H2,1-3H3,(H2,27,28,32,35). The fourth-order valence-electron chi connectivity index (χ4n) is 3.69. The molecule has 4 rings (SSSR count). The number of hydrogen-bond donors (Lipinski definition) is 2. The lowest BCUT2D eigenvalue weighted by atomic mass is 10.1. The maximum Gasteiger partial charge on any atom is 0.264 e. The van der Waals surface area contributed by atoms with Crippen molar-refractivity contribution in [3.05, 3.63) is 71.8 Å². The molecule has 4 aromatic rings. The van der Waals surface area contributed by atoms with Crippen LogP contribution in [0.2, 0.25) is 0 Å². The number of hydrogen-bond acceptors (Lipinski definition) is 6. The van der Waals surface area contributed by atoms with E-state index in [2.05, 4.69) is 39.9 Å². The minimum atomic E-state index is -0.439. The summed E-state index contributed by atoms with van der Waals surface area (Å²) in [5, 5.41) is 15.0. The van der Waals surface area contributed by atoms with E-state index in [4.69, 9.17) is 21.7 Å². The van der Waals surface area contributed by atoms with Crippen LogP contribution in [0.1, 0.15) is 35.7 Å². The van der Waals surface area contributed by atoms with E-state index in [-0.39, 0.29) is 10.7 Å². The van der Waals surface area contributed by atoms with Crippen molar-refractivity contribution in [2.24, 2.45) is 0 Å². The average molecular weight is 490 g/mol. The summed E-state index contributed by atoms with van der Waals surface area (Å²) in [7, 11) is 2.98. The summed E-state index contributed by atoms with van der Waals surface area (Å²) >= 11 is 5.35. The quantitative estimate of drug-likeness (QED) is 0.340. The monoisotopic (exact) mass is 489 g/mol. The predicted octanol–water partition coefficient (Wildman–Crippen LogP) is 4.91. The Bertz CT molecular complexity index is 1330. The molecule has 0 spiro atoms. The third kappa shape index (κ3) is 5.58. The molecule has 0 aliphatic carbocycles. The molecule has 35 heavy (non-hydrogen) atoms. The third-order valence-electron chi connectivity index (χ3n) is 5.51. The summed E-state index contributed by atoms with van der Waals surface area (Å²) < 4.78 is 10.6. The molecular weight excluding hydrogens is 462 g/mol. The number of ether oxygens (including phenoxy) is 2. The Labute approximate surface area is 209 Å². The van der Waals surface area contributed by atoms with Crippen molar-refractivity contribution < 1.29 is 14.3 Å². The maximum absolute atomic E-state index is 12.8. The molecule has 180 valence electrons. The van der Waals surface area contributed by atoms with Crippen LogP contribution in [0.5, 0.6) is 11.5 Å². The topological polar surface area (TPSA) is 90.3 Å². The van der Waals surface area contributed by atoms with E-state index in [0.29, 0.717) is 22.7 Å². The molecule has 1 aromatic heterocycles. The second-order valence-corrected chi connectivity index (χ2v) is 8.32. The second kappa shape index (κ2) is 11.0. The number of aromatic nitrogens is 3. The van der Waals surface area contributed by atoms with Crippen molar-refractivity contribution in [3.8, 4) is 17.2 Å². The Morgan fingerprint density at radius 1 is 0.971 bits per heavy atom. The Morgan fingerprint density at radius 3 is 2.31 bits per heavy atom. The number of thiocarbonyl (C=S) groups is 1. The summed E-state index contributed by atoms with van der Waals surface area (Å²) in [6.07, 6.45) is 3.42. The first-order valence-corrected chi connectivity index (χ1v) is 11.7. The van der Waals surface area contributed by atoms with E-state index >= 15 is 0 Å². The Balaban J connectivity index is 1.46. The molecule has 0 radical (unpaired) electrons. The molecule has 0 bridgehead atoms. The number of carbonyl (C=O) groups excluding carboxylic acids is 1. The fourth-order valence-corrected chi connectivity index (χ4v) is 3.90. The molecule has 0 atom stereocenters. The Hall–Kier alpha value is -3.98. The van der Waals surface area contributed by atoms with Crippen molar-refractivity contribution in [2.75, 3.05) is 19.5 Å². The number of amides is 1. The number of benzene rings is 3. The zero-order valence-electron chi connectivity index (χ0n) is 19.9. The van der Waals surface area contributed by atoms with Crippen LogP contribution in [0.4, 0.5) is 5.69 Å². The molecule has 0 unspecified atom stereocenters. The summed E-state index contributed by atoms with van der Waals surface area (Å²) in [5.74, 6) is 0.341. The number of fused-ring (bicyclic) bond motifs is 1. The summed E-state index contributed by atoms with van der Waals surface area (Å²) in [4.78, 5) is 14.5. The van der Waals surface area contributed by atoms with Crippen LogP contribution in [0, 0.1) is 0 Å². The van der Waals surface area contributed by atoms with E-state index < -0.39 is 5.91 Å². The average Bonchev–Trinajstić information content (AvgIpc) is 3.30. The molecule has 0 aliphatic rings. The van der Waals surface area contributed by atoms with Crippen LogP contribution in [0.25, 0.3) is 16.7 Å². The summed E-state index contributed by atoms with van der Waals surface area (Å²) in [5.41, 5.74) is 4.59. The van der Waals surface area contributed by atoms with Crippen LogP contribution in [-0.2, 0) is 6.42 Å². The molecule has 1 amide bonds. The molecule has 3 aromatic carbocycles. The minimum absolute atomic E-state index is 0.136. The molecule has 8 nitrogen and oxygen atoms in total. The molecular formula is C26H27N5O3S. The number of carbonyl (C=O) groups is 1. The highest BCUT2D eigenvalue weighted by molar-refractivity contribution is 7.80. The van der Waals surface area contributed by atoms with Gasteiger partial charge in [0.25, 0.3) is 5.91 Å². The molecule has 0 saturated heterocycles. The van der Waals surface area contributed by atoms with Gasteiger partial charge >= 0.3 is 0 Å². The van der Waals surface area contributed by atoms with Gasteiger partial charge < -0.3 is 14.8 Å². The second-order valence-electron chi connectivity index (χ2n) is 7.91. The molecule has 9 heteroatoms. The van der Waals surface area contributed by atoms with Gasteiger partial charge in [0.1, 0.15) is 28.1 Å². The molecule has 0 fully saturated rings. The SMILES string of the molecule is CCCCc1ccc(-n2nc3ccc(NC(=S)NC(=O)c4c(OC)cccc4OC)cc3n2)cc1. The van der Waals surface area contributed by atoms with Crippen LogP contribution < -0.4 is 20.1 Å². The van der Waals surface area contributed by atoms with Crippen molar-refractivity contribution in [2.45, 2.75) is 26.2 Å². The highest BCUT2D eigenvalue weighted by atomic mass is 32.1. The first kappa shape index (κ1) is 24.2. The fraction of sp³-hybridized carbons (Fsp3) is 0.231. The molecule has 0 saturated carbocycles.